The molecule has 5 nitrogen and oxygen atoms in total. The van der Waals surface area contributed by atoms with E-state index in [4.69, 9.17) is 0 Å². The summed E-state index contributed by atoms with van der Waals surface area (Å²) in [6.45, 7) is 0.657. The van der Waals surface area contributed by atoms with Gasteiger partial charge in [0.15, 0.2) is 0 Å². The van der Waals surface area contributed by atoms with E-state index in [-0.39, 0.29) is 18.8 Å². The molecule has 0 radical (unpaired) electrons. The lowest BCUT2D eigenvalue weighted by molar-refractivity contribution is -0.197. The first kappa shape index (κ1) is 16.5. The summed E-state index contributed by atoms with van der Waals surface area (Å²) in [4.78, 5) is 25.8. The lowest BCUT2D eigenvalue weighted by atomic mass is 9.97. The number of alkyl halides is 3. The molecule has 1 aliphatic carbocycles. The van der Waals surface area contributed by atoms with Crippen molar-refractivity contribution in [3.63, 3.8) is 0 Å². The highest BCUT2D eigenvalue weighted by Crippen LogP contribution is 2.59. The Kier molecular flexibility index (Phi) is 3.33. The number of aromatic nitrogens is 3. The van der Waals surface area contributed by atoms with Gasteiger partial charge in [-0.05, 0) is 30.9 Å². The van der Waals surface area contributed by atoms with Gasteiger partial charge >= 0.3 is 6.18 Å². The van der Waals surface area contributed by atoms with E-state index in [9.17, 15) is 18.0 Å². The number of halogens is 3. The monoisotopic (exact) mass is 374 g/mol. The van der Waals surface area contributed by atoms with Crippen LogP contribution in [-0.2, 0) is 4.79 Å². The van der Waals surface area contributed by atoms with Crippen molar-refractivity contribution in [1.29, 1.82) is 0 Å². The molecule has 8 heteroatoms. The molecule has 1 unspecified atom stereocenters. The molecule has 4 heterocycles. The van der Waals surface area contributed by atoms with Crippen molar-refractivity contribution in [3.05, 3.63) is 36.3 Å². The molecule has 5 rings (SSSR count). The Morgan fingerprint density at radius 3 is 2.85 bits per heavy atom. The van der Waals surface area contributed by atoms with Crippen LogP contribution in [-0.4, -0.2) is 45.0 Å². The average Bonchev–Trinajstić information content (AvgIpc) is 3.15. The first-order valence-corrected chi connectivity index (χ1v) is 8.97. The zero-order valence-electron chi connectivity index (χ0n) is 14.4. The Morgan fingerprint density at radius 1 is 1.30 bits per heavy atom. The van der Waals surface area contributed by atoms with Crippen molar-refractivity contribution in [3.8, 4) is 0 Å². The molecule has 1 amide bonds. The summed E-state index contributed by atoms with van der Waals surface area (Å²) >= 11 is 0. The number of carbonyl (C=O) groups excluding carboxylic acids is 1. The van der Waals surface area contributed by atoms with Gasteiger partial charge in [0, 0.05) is 42.2 Å². The number of H-pyrrole nitrogens is 1. The van der Waals surface area contributed by atoms with Crippen molar-refractivity contribution >= 4 is 27.8 Å². The highest BCUT2D eigenvalue weighted by Gasteiger charge is 2.69. The zero-order chi connectivity index (χ0) is 18.8. The van der Waals surface area contributed by atoms with Gasteiger partial charge in [-0.2, -0.15) is 13.2 Å². The lowest BCUT2D eigenvalue weighted by Gasteiger charge is -2.25. The molecular weight excluding hydrogens is 357 g/mol. The molecule has 0 bridgehead atoms. The Balaban J connectivity index is 1.47. The topological polar surface area (TPSA) is 61.9 Å². The molecule has 3 aromatic rings. The van der Waals surface area contributed by atoms with Crippen molar-refractivity contribution < 1.29 is 18.0 Å². The summed E-state index contributed by atoms with van der Waals surface area (Å²) < 4.78 is 39.9. The molecule has 0 aromatic carbocycles. The summed E-state index contributed by atoms with van der Waals surface area (Å²) in [5, 5.41) is 1.90. The van der Waals surface area contributed by atoms with Crippen LogP contribution in [0.2, 0.25) is 0 Å². The van der Waals surface area contributed by atoms with Gasteiger partial charge in [0.05, 0.1) is 11.7 Å². The van der Waals surface area contributed by atoms with Crippen molar-refractivity contribution in [1.82, 2.24) is 19.9 Å². The van der Waals surface area contributed by atoms with Crippen LogP contribution < -0.4 is 0 Å². The minimum absolute atomic E-state index is 0.0145. The number of hydrogen-bond donors (Lipinski definition) is 1. The number of carbonyl (C=O) groups is 1. The van der Waals surface area contributed by atoms with Crippen LogP contribution in [0.25, 0.3) is 21.9 Å². The number of fused-ring (bicyclic) bond motifs is 3. The molecule has 27 heavy (non-hydrogen) atoms. The van der Waals surface area contributed by atoms with Gasteiger partial charge in [-0.3, -0.25) is 9.78 Å². The molecule has 1 aliphatic heterocycles. The van der Waals surface area contributed by atoms with E-state index in [2.05, 4.69) is 15.0 Å². The quantitative estimate of drug-likeness (QED) is 0.743. The third-order valence-corrected chi connectivity index (χ3v) is 5.93. The second-order valence-corrected chi connectivity index (χ2v) is 7.48. The number of aromatic amines is 1. The number of pyridine rings is 2. The fraction of sp³-hybridized carbons (Fsp3) is 0.421. The summed E-state index contributed by atoms with van der Waals surface area (Å²) in [7, 11) is 0. The second-order valence-electron chi connectivity index (χ2n) is 7.48. The normalized spacial score (nSPS) is 21.9. The summed E-state index contributed by atoms with van der Waals surface area (Å²) in [6.07, 6.45) is 1.25. The van der Waals surface area contributed by atoms with Gasteiger partial charge in [-0.25, -0.2) is 4.98 Å². The number of amides is 1. The maximum Gasteiger partial charge on any atom is 0.403 e. The van der Waals surface area contributed by atoms with Crippen molar-refractivity contribution in [2.45, 2.75) is 31.4 Å². The fourth-order valence-electron chi connectivity index (χ4n) is 4.24. The number of hydrogen-bond acceptors (Lipinski definition) is 3. The predicted octanol–water partition coefficient (Wildman–Crippen LogP) is 3.77. The van der Waals surface area contributed by atoms with Crippen LogP contribution >= 0.6 is 0 Å². The number of rotatable bonds is 2. The van der Waals surface area contributed by atoms with E-state index in [1.165, 1.54) is 4.90 Å². The Bertz CT molecular complexity index is 1050. The highest BCUT2D eigenvalue weighted by molar-refractivity contribution is 6.05. The van der Waals surface area contributed by atoms with Crippen LogP contribution in [0.3, 0.4) is 0 Å². The maximum atomic E-state index is 13.3. The van der Waals surface area contributed by atoms with Crippen LogP contribution in [0.1, 0.15) is 30.7 Å². The molecule has 140 valence electrons. The molecule has 2 aliphatic rings. The summed E-state index contributed by atoms with van der Waals surface area (Å²) in [5.41, 5.74) is 0.346. The van der Waals surface area contributed by atoms with Gasteiger partial charge in [0.25, 0.3) is 0 Å². The van der Waals surface area contributed by atoms with Gasteiger partial charge < -0.3 is 9.88 Å². The SMILES string of the molecule is O=C(N1CCC(c2c[nH]c3ncc4ncccc4c23)C1)C1(C(F)(F)F)CC1. The molecule has 2 fully saturated rings. The zero-order valence-corrected chi connectivity index (χ0v) is 14.4. The Labute approximate surface area is 152 Å². The lowest BCUT2D eigenvalue weighted by Crippen LogP contribution is -2.43. The molecule has 3 aromatic heterocycles. The van der Waals surface area contributed by atoms with Gasteiger partial charge in [0.1, 0.15) is 11.1 Å². The van der Waals surface area contributed by atoms with Crippen molar-refractivity contribution in [2.75, 3.05) is 13.1 Å². The van der Waals surface area contributed by atoms with Crippen LogP contribution in [0.5, 0.6) is 0 Å². The standard InChI is InChI=1S/C19H17F3N4O/c20-19(21,22)18(4-5-18)17(27)26-7-3-11(10-26)13-8-24-16-15(13)12-2-1-6-23-14(12)9-25-16/h1-2,6,8-9,11H,3-5,7,10H2,(H,24,25). The van der Waals surface area contributed by atoms with E-state index < -0.39 is 17.5 Å². The van der Waals surface area contributed by atoms with Crippen LogP contribution in [0.4, 0.5) is 13.2 Å². The highest BCUT2D eigenvalue weighted by atomic mass is 19.4. The predicted molar refractivity (Wildman–Crippen MR) is 93.1 cm³/mol. The van der Waals surface area contributed by atoms with E-state index in [0.29, 0.717) is 19.5 Å². The molecule has 1 atom stereocenters. The van der Waals surface area contributed by atoms with E-state index in [1.807, 2.05) is 18.3 Å². The average molecular weight is 374 g/mol. The van der Waals surface area contributed by atoms with E-state index in [0.717, 1.165) is 27.5 Å². The number of likely N-dealkylation sites (tertiary alicyclic amines) is 1. The number of nitrogens with one attached hydrogen (secondary N) is 1. The smallest absolute Gasteiger partial charge is 0.346 e. The molecule has 1 saturated carbocycles. The Hall–Kier alpha value is -2.64. The fourth-order valence-corrected chi connectivity index (χ4v) is 4.24. The van der Waals surface area contributed by atoms with E-state index >= 15 is 0 Å². The first-order valence-electron chi connectivity index (χ1n) is 8.97. The van der Waals surface area contributed by atoms with E-state index in [1.54, 1.807) is 12.4 Å². The molecule has 1 N–H and O–H groups in total. The van der Waals surface area contributed by atoms with Gasteiger partial charge in [-0.15, -0.1) is 0 Å². The second kappa shape index (κ2) is 5.43. The minimum Gasteiger partial charge on any atom is -0.346 e. The summed E-state index contributed by atoms with van der Waals surface area (Å²) in [6, 6.07) is 3.81. The van der Waals surface area contributed by atoms with Crippen LogP contribution in [0.15, 0.2) is 30.7 Å². The van der Waals surface area contributed by atoms with Crippen LogP contribution in [0, 0.1) is 5.41 Å². The van der Waals surface area contributed by atoms with Gasteiger partial charge in [-0.1, -0.05) is 6.07 Å². The maximum absolute atomic E-state index is 13.3. The third kappa shape index (κ3) is 2.35. The Morgan fingerprint density at radius 2 is 2.11 bits per heavy atom. The molecular formula is C19H17F3N4O. The summed E-state index contributed by atoms with van der Waals surface area (Å²) in [5.74, 6) is -0.777. The third-order valence-electron chi connectivity index (χ3n) is 5.93. The van der Waals surface area contributed by atoms with Crippen molar-refractivity contribution in [2.24, 2.45) is 5.41 Å². The first-order chi connectivity index (χ1) is 12.9. The largest absolute Gasteiger partial charge is 0.403 e. The molecule has 0 spiro atoms. The van der Waals surface area contributed by atoms with Gasteiger partial charge in [0.2, 0.25) is 5.91 Å². The minimum atomic E-state index is -4.46. The number of nitrogens with zero attached hydrogens (tertiary/aromatic N) is 3. The molecule has 1 saturated heterocycles.